The second-order valence-corrected chi connectivity index (χ2v) is 6.08. The molecular weight excluding hydrogens is 167 g/mol. The van der Waals surface area contributed by atoms with Gasteiger partial charge in [-0.1, -0.05) is 45.4 Å². The highest BCUT2D eigenvalue weighted by atomic mass is 14.6. The lowest BCUT2D eigenvalue weighted by Crippen LogP contribution is -2.54. The van der Waals surface area contributed by atoms with Crippen LogP contribution in [0.5, 0.6) is 0 Å². The van der Waals surface area contributed by atoms with Gasteiger partial charge in [0.1, 0.15) is 7.28 Å². The topological polar surface area (TPSA) is 0 Å². The Morgan fingerprint density at radius 2 is 2.14 bits per heavy atom. The van der Waals surface area contributed by atoms with Crippen molar-refractivity contribution in [2.45, 2.75) is 45.8 Å². The molecule has 0 aromatic carbocycles. The fourth-order valence-corrected chi connectivity index (χ4v) is 3.97. The summed E-state index contributed by atoms with van der Waals surface area (Å²) in [6.07, 6.45) is 6.30. The Bertz CT molecular complexity index is 231. The average molecular weight is 190 g/mol. The molecule has 4 atom stereocenters. The summed E-state index contributed by atoms with van der Waals surface area (Å²) >= 11 is 0. The first-order valence-corrected chi connectivity index (χ1v) is 6.18. The maximum absolute atomic E-state index is 3.83. The first kappa shape index (κ1) is 10.3. The van der Waals surface area contributed by atoms with Crippen molar-refractivity contribution in [1.29, 1.82) is 0 Å². The van der Waals surface area contributed by atoms with E-state index in [1.807, 2.05) is 0 Å². The third-order valence-electron chi connectivity index (χ3n) is 5.25. The van der Waals surface area contributed by atoms with Crippen LogP contribution >= 0.6 is 0 Å². The van der Waals surface area contributed by atoms with Gasteiger partial charge < -0.3 is 0 Å². The van der Waals surface area contributed by atoms with Crippen LogP contribution in [0.1, 0.15) is 33.6 Å². The highest BCUT2D eigenvalue weighted by Gasteiger charge is 2.55. The molecule has 0 aromatic heterocycles. The summed E-state index contributed by atoms with van der Waals surface area (Å²) in [5.74, 6) is 3.98. The maximum atomic E-state index is 3.83. The maximum Gasteiger partial charge on any atom is 0.128 e. The van der Waals surface area contributed by atoms with E-state index >= 15 is 0 Å². The van der Waals surface area contributed by atoms with E-state index in [0.717, 1.165) is 23.6 Å². The van der Waals surface area contributed by atoms with Crippen LogP contribution in [0.15, 0.2) is 12.7 Å². The lowest BCUT2D eigenvalue weighted by Gasteiger charge is -2.62. The lowest BCUT2D eigenvalue weighted by atomic mass is 9.37. The van der Waals surface area contributed by atoms with Gasteiger partial charge in [0.15, 0.2) is 0 Å². The predicted octanol–water partition coefficient (Wildman–Crippen LogP) is 3.52. The Morgan fingerprint density at radius 1 is 1.43 bits per heavy atom. The minimum atomic E-state index is 0.657. The number of rotatable bonds is 3. The van der Waals surface area contributed by atoms with Crippen LogP contribution in [-0.2, 0) is 0 Å². The molecule has 3 aliphatic carbocycles. The smallest absolute Gasteiger partial charge is 0.104 e. The van der Waals surface area contributed by atoms with Crippen molar-refractivity contribution < 1.29 is 0 Å². The Morgan fingerprint density at radius 3 is 2.64 bits per heavy atom. The molecule has 0 saturated heterocycles. The number of hydrogen-bond donors (Lipinski definition) is 0. The molecule has 0 amide bonds. The van der Waals surface area contributed by atoms with E-state index in [1.54, 1.807) is 0 Å². The largest absolute Gasteiger partial charge is 0.128 e. The Balaban J connectivity index is 1.97. The summed E-state index contributed by atoms with van der Waals surface area (Å²) < 4.78 is 0. The van der Waals surface area contributed by atoms with E-state index in [9.17, 15) is 0 Å². The first-order chi connectivity index (χ1) is 6.57. The summed E-state index contributed by atoms with van der Waals surface area (Å²) in [6, 6.07) is 0. The molecule has 3 saturated carbocycles. The zero-order chi connectivity index (χ0) is 10.3. The highest BCUT2D eigenvalue weighted by Crippen LogP contribution is 2.64. The van der Waals surface area contributed by atoms with Gasteiger partial charge in [0.2, 0.25) is 0 Å². The molecule has 2 bridgehead atoms. The van der Waals surface area contributed by atoms with Crippen molar-refractivity contribution >= 4 is 7.28 Å². The minimum absolute atomic E-state index is 0.657. The zero-order valence-electron chi connectivity index (χ0n) is 9.92. The molecule has 3 fully saturated rings. The highest BCUT2D eigenvalue weighted by molar-refractivity contribution is 6.38. The molecule has 3 rings (SSSR count). The zero-order valence-corrected chi connectivity index (χ0v) is 9.92. The van der Waals surface area contributed by atoms with E-state index in [-0.39, 0.29) is 0 Å². The molecule has 0 nitrogen and oxygen atoms in total. The van der Waals surface area contributed by atoms with E-state index in [4.69, 9.17) is 0 Å². The fourth-order valence-electron chi connectivity index (χ4n) is 3.97. The van der Waals surface area contributed by atoms with Gasteiger partial charge in [-0.25, -0.2) is 0 Å². The summed E-state index contributed by atoms with van der Waals surface area (Å²) in [5, 5.41) is 0. The van der Waals surface area contributed by atoms with Crippen molar-refractivity contribution in [3.63, 3.8) is 0 Å². The molecule has 14 heavy (non-hydrogen) atoms. The van der Waals surface area contributed by atoms with Gasteiger partial charge in [0.25, 0.3) is 0 Å². The monoisotopic (exact) mass is 190 g/mol. The second kappa shape index (κ2) is 3.43. The van der Waals surface area contributed by atoms with Gasteiger partial charge in [0, 0.05) is 0 Å². The molecule has 0 aliphatic heterocycles. The van der Waals surface area contributed by atoms with Crippen molar-refractivity contribution in [2.75, 3.05) is 0 Å². The third-order valence-corrected chi connectivity index (χ3v) is 5.25. The fraction of sp³-hybridized carbons (Fsp3) is 0.846. The van der Waals surface area contributed by atoms with Gasteiger partial charge in [-0.05, 0) is 29.6 Å². The van der Waals surface area contributed by atoms with Crippen LogP contribution in [0.25, 0.3) is 0 Å². The molecule has 0 aromatic rings. The minimum Gasteiger partial charge on any atom is -0.104 e. The third kappa shape index (κ3) is 1.36. The quantitative estimate of drug-likeness (QED) is 0.471. The van der Waals surface area contributed by atoms with Crippen LogP contribution in [0.3, 0.4) is 0 Å². The van der Waals surface area contributed by atoms with Crippen LogP contribution in [0, 0.1) is 23.2 Å². The molecule has 0 radical (unpaired) electrons. The summed E-state index contributed by atoms with van der Waals surface area (Å²) in [5.41, 5.74) is 0.657. The molecule has 0 heterocycles. The van der Waals surface area contributed by atoms with Crippen LogP contribution < -0.4 is 0 Å². The summed E-state index contributed by atoms with van der Waals surface area (Å²) in [4.78, 5) is 0. The Hall–Kier alpha value is -0.195. The lowest BCUT2D eigenvalue weighted by molar-refractivity contribution is -0.0985. The molecule has 0 N–H and O–H groups in total. The molecule has 0 unspecified atom stereocenters. The van der Waals surface area contributed by atoms with Crippen molar-refractivity contribution in [3.8, 4) is 0 Å². The Kier molecular flexibility index (Phi) is 2.53. The standard InChI is InChI=1S/C13H23B/c1-5-6-14-12-8-10-7-11(9(12)2)13(10,3)4/h5,9-12,14H,1,6-8H2,2-4H3/t9-,10+,11-,12-/m1/s1. The van der Waals surface area contributed by atoms with Crippen molar-refractivity contribution in [3.05, 3.63) is 12.7 Å². The molecule has 78 valence electrons. The van der Waals surface area contributed by atoms with Gasteiger partial charge in [-0.2, -0.15) is 0 Å². The van der Waals surface area contributed by atoms with Crippen molar-refractivity contribution in [2.24, 2.45) is 23.2 Å². The molecule has 1 heteroatoms. The van der Waals surface area contributed by atoms with E-state index < -0.39 is 0 Å². The number of fused-ring (bicyclic) bond motifs is 2. The predicted molar refractivity (Wildman–Crippen MR) is 65.1 cm³/mol. The van der Waals surface area contributed by atoms with Crippen LogP contribution in [0.4, 0.5) is 0 Å². The van der Waals surface area contributed by atoms with E-state index in [2.05, 4.69) is 33.4 Å². The summed E-state index contributed by atoms with van der Waals surface area (Å²) in [6.45, 7) is 11.3. The molecule has 3 aliphatic rings. The summed E-state index contributed by atoms with van der Waals surface area (Å²) in [7, 11) is 1.38. The number of hydrogen-bond acceptors (Lipinski definition) is 0. The number of allylic oxidation sites excluding steroid dienone is 1. The Labute approximate surface area is 89.4 Å². The first-order valence-electron chi connectivity index (χ1n) is 6.18. The van der Waals surface area contributed by atoms with Crippen LogP contribution in [0.2, 0.25) is 12.1 Å². The SMILES string of the molecule is C=CCB[C@@H]1C[C@@H]2C[C@H]([C@H]1C)C2(C)C. The van der Waals surface area contributed by atoms with Crippen LogP contribution in [-0.4, -0.2) is 7.28 Å². The van der Waals surface area contributed by atoms with E-state index in [1.165, 1.54) is 26.4 Å². The van der Waals surface area contributed by atoms with Gasteiger partial charge in [0.05, 0.1) is 0 Å². The normalized spacial score (nSPS) is 43.9. The van der Waals surface area contributed by atoms with Gasteiger partial charge >= 0.3 is 0 Å². The second-order valence-electron chi connectivity index (χ2n) is 6.08. The van der Waals surface area contributed by atoms with Gasteiger partial charge in [-0.15, -0.1) is 6.58 Å². The average Bonchev–Trinajstić information content (AvgIpc) is 2.15. The molecular formula is C13H23B. The van der Waals surface area contributed by atoms with Crippen molar-refractivity contribution in [1.82, 2.24) is 0 Å². The van der Waals surface area contributed by atoms with Gasteiger partial charge in [-0.3, -0.25) is 0 Å². The molecule has 0 spiro atoms. The van der Waals surface area contributed by atoms with E-state index in [0.29, 0.717) is 5.41 Å².